The van der Waals surface area contributed by atoms with Crippen molar-refractivity contribution in [1.29, 1.82) is 0 Å². The fraction of sp³-hybridized carbons (Fsp3) is 0.176. The topological polar surface area (TPSA) is 69.6 Å². The number of aliphatic carboxylic acids is 1. The van der Waals surface area contributed by atoms with E-state index in [2.05, 4.69) is 5.32 Å². The van der Waals surface area contributed by atoms with Gasteiger partial charge in [0.05, 0.1) is 5.56 Å². The Morgan fingerprint density at radius 2 is 1.77 bits per heavy atom. The molecule has 1 unspecified atom stereocenters. The van der Waals surface area contributed by atoms with Gasteiger partial charge in [0.2, 0.25) is 5.66 Å². The van der Waals surface area contributed by atoms with Crippen LogP contribution in [0, 0.1) is 6.92 Å². The van der Waals surface area contributed by atoms with Gasteiger partial charge in [-0.2, -0.15) is 0 Å². The van der Waals surface area contributed by atoms with Crippen molar-refractivity contribution >= 4 is 23.3 Å². The number of carbonyl (C=O) groups is 2. The van der Waals surface area contributed by atoms with Gasteiger partial charge in [-0.3, -0.25) is 9.69 Å². The van der Waals surface area contributed by atoms with Gasteiger partial charge in [-0.1, -0.05) is 30.3 Å². The third-order valence-electron chi connectivity index (χ3n) is 3.96. The van der Waals surface area contributed by atoms with Crippen LogP contribution >= 0.6 is 0 Å². The number of carbonyl (C=O) groups excluding carboxylic acids is 1. The van der Waals surface area contributed by atoms with Crippen molar-refractivity contribution < 1.29 is 14.7 Å². The molecule has 112 valence electrons. The third kappa shape index (κ3) is 1.94. The predicted octanol–water partition coefficient (Wildman–Crippen LogP) is 2.87. The van der Waals surface area contributed by atoms with Crippen LogP contribution in [0.1, 0.15) is 22.8 Å². The van der Waals surface area contributed by atoms with Gasteiger partial charge in [0.1, 0.15) is 0 Å². The Kier molecular flexibility index (Phi) is 3.13. The monoisotopic (exact) mass is 296 g/mol. The molecule has 0 aliphatic carbocycles. The van der Waals surface area contributed by atoms with E-state index in [0.29, 0.717) is 16.9 Å². The Morgan fingerprint density at radius 3 is 2.45 bits per heavy atom. The fourth-order valence-corrected chi connectivity index (χ4v) is 2.73. The van der Waals surface area contributed by atoms with Crippen LogP contribution in [0.5, 0.6) is 0 Å². The third-order valence-corrected chi connectivity index (χ3v) is 3.96. The Balaban J connectivity index is 2.24. The van der Waals surface area contributed by atoms with Gasteiger partial charge in [0, 0.05) is 11.4 Å². The number of carboxylic acids is 1. The van der Waals surface area contributed by atoms with E-state index >= 15 is 0 Å². The molecule has 2 aromatic carbocycles. The lowest BCUT2D eigenvalue weighted by atomic mass is 9.98. The molecule has 0 aromatic heterocycles. The van der Waals surface area contributed by atoms with E-state index in [9.17, 15) is 14.7 Å². The molecule has 0 bridgehead atoms. The first-order valence-electron chi connectivity index (χ1n) is 6.96. The highest BCUT2D eigenvalue weighted by Crippen LogP contribution is 2.36. The van der Waals surface area contributed by atoms with E-state index < -0.39 is 11.6 Å². The number of amides is 1. The van der Waals surface area contributed by atoms with E-state index in [1.807, 2.05) is 19.1 Å². The molecule has 1 atom stereocenters. The average Bonchev–Trinajstić information content (AvgIpc) is 2.49. The summed E-state index contributed by atoms with van der Waals surface area (Å²) in [4.78, 5) is 26.1. The Morgan fingerprint density at radius 1 is 1.14 bits per heavy atom. The normalized spacial score (nSPS) is 20.3. The Labute approximate surface area is 128 Å². The second kappa shape index (κ2) is 4.87. The summed E-state index contributed by atoms with van der Waals surface area (Å²) in [6, 6.07) is 14.2. The molecule has 5 heteroatoms. The quantitative estimate of drug-likeness (QED) is 0.894. The summed E-state index contributed by atoms with van der Waals surface area (Å²) in [6.45, 7) is 3.35. The first-order valence-corrected chi connectivity index (χ1v) is 6.96. The summed E-state index contributed by atoms with van der Waals surface area (Å²) >= 11 is 0. The number of aryl methyl sites for hydroxylation is 1. The maximum absolute atomic E-state index is 12.9. The lowest BCUT2D eigenvalue weighted by Crippen LogP contribution is -2.63. The number of rotatable bonds is 2. The second-order valence-electron chi connectivity index (χ2n) is 5.47. The van der Waals surface area contributed by atoms with Gasteiger partial charge >= 0.3 is 5.97 Å². The van der Waals surface area contributed by atoms with Crippen LogP contribution in [0.15, 0.2) is 48.5 Å². The fourth-order valence-electron chi connectivity index (χ4n) is 2.73. The van der Waals surface area contributed by atoms with Crippen molar-refractivity contribution in [2.24, 2.45) is 0 Å². The van der Waals surface area contributed by atoms with Crippen LogP contribution in [0.25, 0.3) is 0 Å². The van der Waals surface area contributed by atoms with Crippen molar-refractivity contribution in [3.05, 3.63) is 59.7 Å². The minimum atomic E-state index is -1.54. The van der Waals surface area contributed by atoms with Gasteiger partial charge in [-0.05, 0) is 37.6 Å². The van der Waals surface area contributed by atoms with E-state index in [1.165, 1.54) is 11.8 Å². The maximum atomic E-state index is 12.9. The number of hydrogen-bond acceptors (Lipinski definition) is 3. The summed E-state index contributed by atoms with van der Waals surface area (Å²) in [7, 11) is 0. The lowest BCUT2D eigenvalue weighted by Gasteiger charge is -2.43. The number of anilines is 2. The lowest BCUT2D eigenvalue weighted by molar-refractivity contribution is -0.141. The van der Waals surface area contributed by atoms with Gasteiger partial charge < -0.3 is 10.4 Å². The number of nitrogens with one attached hydrogen (secondary N) is 1. The molecular formula is C17H16N2O3. The molecule has 0 saturated carbocycles. The zero-order valence-electron chi connectivity index (χ0n) is 12.3. The van der Waals surface area contributed by atoms with Gasteiger partial charge in [-0.15, -0.1) is 0 Å². The van der Waals surface area contributed by atoms with E-state index in [1.54, 1.807) is 36.4 Å². The van der Waals surface area contributed by atoms with Crippen LogP contribution in [0.3, 0.4) is 0 Å². The Hall–Kier alpha value is -2.82. The van der Waals surface area contributed by atoms with Gasteiger partial charge in [0.25, 0.3) is 5.91 Å². The van der Waals surface area contributed by atoms with Crippen molar-refractivity contribution in [2.45, 2.75) is 19.5 Å². The molecule has 1 heterocycles. The molecule has 2 aromatic rings. The molecule has 0 saturated heterocycles. The standard InChI is InChI=1S/C17H16N2O3/c1-11-7-3-6-10-14(11)19-15(20)12-8-4-5-9-13(12)18-17(19,2)16(21)22/h3-10,18H,1-2H3,(H,21,22). The van der Waals surface area contributed by atoms with Gasteiger partial charge in [-0.25, -0.2) is 4.79 Å². The summed E-state index contributed by atoms with van der Waals surface area (Å²) in [5.41, 5.74) is 0.869. The highest BCUT2D eigenvalue weighted by Gasteiger charge is 2.48. The molecule has 5 nitrogen and oxygen atoms in total. The number of benzene rings is 2. The summed E-state index contributed by atoms with van der Waals surface area (Å²) < 4.78 is 0. The number of fused-ring (bicyclic) bond motifs is 1. The zero-order chi connectivity index (χ0) is 15.9. The maximum Gasteiger partial charge on any atom is 0.350 e. The largest absolute Gasteiger partial charge is 0.478 e. The first-order chi connectivity index (χ1) is 10.4. The molecule has 0 radical (unpaired) electrons. The molecule has 0 fully saturated rings. The number of carboxylic acid groups (broad SMARTS) is 1. The molecule has 2 N–H and O–H groups in total. The Bertz CT molecular complexity index is 772. The summed E-state index contributed by atoms with van der Waals surface area (Å²) in [5, 5.41) is 12.7. The minimum absolute atomic E-state index is 0.325. The average molecular weight is 296 g/mol. The zero-order valence-corrected chi connectivity index (χ0v) is 12.3. The number of nitrogens with zero attached hydrogens (tertiary/aromatic N) is 1. The first kappa shape index (κ1) is 14.1. The SMILES string of the molecule is Cc1ccccc1N1C(=O)c2ccccc2NC1(C)C(=O)O. The van der Waals surface area contributed by atoms with Crippen molar-refractivity contribution in [2.75, 3.05) is 10.2 Å². The molecule has 3 rings (SSSR count). The minimum Gasteiger partial charge on any atom is -0.478 e. The highest BCUT2D eigenvalue weighted by atomic mass is 16.4. The molecule has 1 aliphatic heterocycles. The van der Waals surface area contributed by atoms with Crippen LogP contribution in [-0.4, -0.2) is 22.6 Å². The molecule has 22 heavy (non-hydrogen) atoms. The van der Waals surface area contributed by atoms with E-state index in [4.69, 9.17) is 0 Å². The second-order valence-corrected chi connectivity index (χ2v) is 5.47. The molecule has 0 spiro atoms. The summed E-state index contributed by atoms with van der Waals surface area (Å²) in [5.74, 6) is -1.44. The number of para-hydroxylation sites is 2. The highest BCUT2D eigenvalue weighted by molar-refractivity contribution is 6.16. The predicted molar refractivity (Wildman–Crippen MR) is 84.1 cm³/mol. The molecule has 1 amide bonds. The summed E-state index contributed by atoms with van der Waals surface area (Å²) in [6.07, 6.45) is 0. The van der Waals surface area contributed by atoms with E-state index in [0.717, 1.165) is 5.56 Å². The van der Waals surface area contributed by atoms with Crippen LogP contribution in [0.4, 0.5) is 11.4 Å². The molecular weight excluding hydrogens is 280 g/mol. The van der Waals surface area contributed by atoms with Crippen molar-refractivity contribution in [3.8, 4) is 0 Å². The van der Waals surface area contributed by atoms with Gasteiger partial charge in [0.15, 0.2) is 0 Å². The van der Waals surface area contributed by atoms with Crippen LogP contribution in [-0.2, 0) is 4.79 Å². The molecule has 1 aliphatic rings. The van der Waals surface area contributed by atoms with Crippen molar-refractivity contribution in [3.63, 3.8) is 0 Å². The van der Waals surface area contributed by atoms with Crippen molar-refractivity contribution in [1.82, 2.24) is 0 Å². The smallest absolute Gasteiger partial charge is 0.350 e. The van der Waals surface area contributed by atoms with Crippen LogP contribution in [0.2, 0.25) is 0 Å². The number of hydrogen-bond donors (Lipinski definition) is 2. The van der Waals surface area contributed by atoms with E-state index in [-0.39, 0.29) is 5.91 Å². The van der Waals surface area contributed by atoms with Crippen LogP contribution < -0.4 is 10.2 Å².